The summed E-state index contributed by atoms with van der Waals surface area (Å²) in [5.74, 6) is 0.727. The molecule has 0 spiro atoms. The number of nitrogens with zero attached hydrogens (tertiary/aromatic N) is 3. The maximum absolute atomic E-state index is 12.6. The summed E-state index contributed by atoms with van der Waals surface area (Å²) in [6.07, 6.45) is 5.47. The normalized spacial score (nSPS) is 11.6. The van der Waals surface area contributed by atoms with Crippen molar-refractivity contribution in [3.63, 3.8) is 0 Å². The summed E-state index contributed by atoms with van der Waals surface area (Å²) in [4.78, 5) is 8.27. The highest BCUT2D eigenvalue weighted by Gasteiger charge is 2.10. The van der Waals surface area contributed by atoms with Gasteiger partial charge in [-0.2, -0.15) is 8.78 Å². The molecule has 0 unspecified atom stereocenters. The quantitative estimate of drug-likeness (QED) is 0.437. The number of rotatable bonds is 8. The standard InChI is InChI=1S/C22H25F2N5O/c1-16-6-7-20(30-21(23)24)19(10-16)13-28-22(25-2)27-12-17-4-3-5-18(11-17)14-29-9-8-26-15-29/h3-11,15,21H,12-14H2,1-2H3,(H2,25,27,28). The van der Waals surface area contributed by atoms with Crippen molar-refractivity contribution in [2.45, 2.75) is 33.2 Å². The predicted molar refractivity (Wildman–Crippen MR) is 113 cm³/mol. The van der Waals surface area contributed by atoms with Gasteiger partial charge >= 0.3 is 6.61 Å². The van der Waals surface area contributed by atoms with E-state index in [1.807, 2.05) is 35.9 Å². The number of ether oxygens (including phenoxy) is 1. The molecule has 0 aliphatic rings. The highest BCUT2D eigenvalue weighted by molar-refractivity contribution is 5.79. The van der Waals surface area contributed by atoms with Crippen LogP contribution in [0.2, 0.25) is 0 Å². The lowest BCUT2D eigenvalue weighted by Gasteiger charge is -2.15. The Labute approximate surface area is 174 Å². The van der Waals surface area contributed by atoms with Gasteiger partial charge in [-0.3, -0.25) is 4.99 Å². The molecule has 30 heavy (non-hydrogen) atoms. The minimum atomic E-state index is -2.86. The van der Waals surface area contributed by atoms with Gasteiger partial charge in [-0.25, -0.2) is 4.98 Å². The van der Waals surface area contributed by atoms with Gasteiger partial charge in [0, 0.05) is 44.6 Å². The fraction of sp³-hybridized carbons (Fsp3) is 0.273. The Morgan fingerprint density at radius 3 is 2.67 bits per heavy atom. The molecule has 1 heterocycles. The predicted octanol–water partition coefficient (Wildman–Crippen LogP) is 3.71. The number of imidazole rings is 1. The molecule has 8 heteroatoms. The topological polar surface area (TPSA) is 63.5 Å². The molecular formula is C22H25F2N5O. The van der Waals surface area contributed by atoms with E-state index in [-0.39, 0.29) is 5.75 Å². The molecule has 0 bridgehead atoms. The van der Waals surface area contributed by atoms with Gasteiger partial charge in [-0.15, -0.1) is 0 Å². The van der Waals surface area contributed by atoms with Crippen LogP contribution in [0.3, 0.4) is 0 Å². The number of aryl methyl sites for hydroxylation is 1. The third-order valence-electron chi connectivity index (χ3n) is 4.48. The molecule has 0 amide bonds. The highest BCUT2D eigenvalue weighted by Crippen LogP contribution is 2.22. The Morgan fingerprint density at radius 1 is 1.13 bits per heavy atom. The summed E-state index contributed by atoms with van der Waals surface area (Å²) in [7, 11) is 1.66. The number of nitrogens with one attached hydrogen (secondary N) is 2. The third-order valence-corrected chi connectivity index (χ3v) is 4.48. The molecule has 1 aromatic heterocycles. The van der Waals surface area contributed by atoms with Crippen molar-refractivity contribution >= 4 is 5.96 Å². The molecule has 2 aromatic carbocycles. The van der Waals surface area contributed by atoms with Gasteiger partial charge in [0.25, 0.3) is 0 Å². The number of aromatic nitrogens is 2. The van der Waals surface area contributed by atoms with Crippen molar-refractivity contribution < 1.29 is 13.5 Å². The summed E-state index contributed by atoms with van der Waals surface area (Å²) in [6.45, 7) is 0.676. The third kappa shape index (κ3) is 6.30. The SMILES string of the molecule is CN=C(NCc1cccc(Cn2ccnc2)c1)NCc1cc(C)ccc1OC(F)F. The minimum absolute atomic E-state index is 0.158. The van der Waals surface area contributed by atoms with Crippen LogP contribution in [-0.4, -0.2) is 29.2 Å². The van der Waals surface area contributed by atoms with E-state index in [0.29, 0.717) is 24.6 Å². The van der Waals surface area contributed by atoms with Gasteiger partial charge in [0.05, 0.1) is 6.33 Å². The maximum atomic E-state index is 12.6. The number of aliphatic imine (C=N–C) groups is 1. The summed E-state index contributed by atoms with van der Waals surface area (Å²) < 4.78 is 31.9. The zero-order valence-electron chi connectivity index (χ0n) is 17.0. The minimum Gasteiger partial charge on any atom is -0.434 e. The maximum Gasteiger partial charge on any atom is 0.387 e. The molecule has 0 fully saturated rings. The first-order valence-electron chi connectivity index (χ1n) is 9.56. The molecule has 0 atom stereocenters. The van der Waals surface area contributed by atoms with Crippen molar-refractivity contribution in [3.05, 3.63) is 83.4 Å². The molecule has 3 rings (SSSR count). The number of hydrogen-bond donors (Lipinski definition) is 2. The molecule has 158 valence electrons. The van der Waals surface area contributed by atoms with Gasteiger partial charge in [0.15, 0.2) is 5.96 Å². The van der Waals surface area contributed by atoms with Crippen LogP contribution in [0, 0.1) is 6.92 Å². The number of halogens is 2. The molecule has 0 radical (unpaired) electrons. The van der Waals surface area contributed by atoms with E-state index < -0.39 is 6.61 Å². The van der Waals surface area contributed by atoms with Gasteiger partial charge in [0.2, 0.25) is 0 Å². The number of benzene rings is 2. The van der Waals surface area contributed by atoms with Crippen molar-refractivity contribution in [1.29, 1.82) is 0 Å². The zero-order chi connectivity index (χ0) is 21.3. The molecule has 3 aromatic rings. The second-order valence-corrected chi connectivity index (χ2v) is 6.82. The summed E-state index contributed by atoms with van der Waals surface area (Å²) in [5.41, 5.74) is 3.88. The summed E-state index contributed by atoms with van der Waals surface area (Å²) in [6, 6.07) is 13.4. The first-order valence-corrected chi connectivity index (χ1v) is 9.56. The van der Waals surface area contributed by atoms with Crippen LogP contribution in [-0.2, 0) is 19.6 Å². The Hall–Kier alpha value is -3.42. The number of hydrogen-bond acceptors (Lipinski definition) is 3. The molecule has 0 aliphatic heterocycles. The van der Waals surface area contributed by atoms with Crippen molar-refractivity contribution in [3.8, 4) is 5.75 Å². The fourth-order valence-corrected chi connectivity index (χ4v) is 3.07. The Kier molecular flexibility index (Phi) is 7.37. The molecule has 2 N–H and O–H groups in total. The van der Waals surface area contributed by atoms with Crippen molar-refractivity contribution in [1.82, 2.24) is 20.2 Å². The van der Waals surface area contributed by atoms with Crippen LogP contribution in [0.5, 0.6) is 5.75 Å². The second kappa shape index (κ2) is 10.4. The smallest absolute Gasteiger partial charge is 0.387 e. The van der Waals surface area contributed by atoms with E-state index in [0.717, 1.165) is 17.7 Å². The summed E-state index contributed by atoms with van der Waals surface area (Å²) >= 11 is 0. The number of guanidine groups is 1. The highest BCUT2D eigenvalue weighted by atomic mass is 19.3. The first-order chi connectivity index (χ1) is 14.5. The van der Waals surface area contributed by atoms with E-state index in [4.69, 9.17) is 0 Å². The van der Waals surface area contributed by atoms with E-state index in [9.17, 15) is 8.78 Å². The summed E-state index contributed by atoms with van der Waals surface area (Å²) in [5, 5.41) is 6.40. The lowest BCUT2D eigenvalue weighted by atomic mass is 10.1. The Bertz CT molecular complexity index is 973. The van der Waals surface area contributed by atoms with Crippen LogP contribution in [0.4, 0.5) is 8.78 Å². The van der Waals surface area contributed by atoms with E-state index in [2.05, 4.69) is 37.5 Å². The van der Waals surface area contributed by atoms with Crippen LogP contribution < -0.4 is 15.4 Å². The van der Waals surface area contributed by atoms with Crippen LogP contribution >= 0.6 is 0 Å². The largest absolute Gasteiger partial charge is 0.434 e. The molecule has 0 saturated carbocycles. The lowest BCUT2D eigenvalue weighted by Crippen LogP contribution is -2.36. The lowest BCUT2D eigenvalue weighted by molar-refractivity contribution is -0.0504. The van der Waals surface area contributed by atoms with E-state index in [1.54, 1.807) is 31.7 Å². The van der Waals surface area contributed by atoms with Crippen molar-refractivity contribution in [2.75, 3.05) is 7.05 Å². The second-order valence-electron chi connectivity index (χ2n) is 6.82. The van der Waals surface area contributed by atoms with Gasteiger partial charge in [0.1, 0.15) is 5.75 Å². The zero-order valence-corrected chi connectivity index (χ0v) is 17.0. The average Bonchev–Trinajstić information content (AvgIpc) is 3.23. The molecule has 6 nitrogen and oxygen atoms in total. The van der Waals surface area contributed by atoms with Crippen LogP contribution in [0.1, 0.15) is 22.3 Å². The monoisotopic (exact) mass is 413 g/mol. The van der Waals surface area contributed by atoms with E-state index in [1.165, 1.54) is 5.56 Å². The van der Waals surface area contributed by atoms with Crippen LogP contribution in [0.25, 0.3) is 0 Å². The van der Waals surface area contributed by atoms with Gasteiger partial charge < -0.3 is 19.9 Å². The van der Waals surface area contributed by atoms with E-state index >= 15 is 0 Å². The Balaban J connectivity index is 1.57. The fourth-order valence-electron chi connectivity index (χ4n) is 3.07. The first kappa shape index (κ1) is 21.3. The Morgan fingerprint density at radius 2 is 1.93 bits per heavy atom. The average molecular weight is 413 g/mol. The molecular weight excluding hydrogens is 388 g/mol. The van der Waals surface area contributed by atoms with Crippen molar-refractivity contribution in [2.24, 2.45) is 4.99 Å². The number of alkyl halides is 2. The van der Waals surface area contributed by atoms with Gasteiger partial charge in [-0.05, 0) is 24.1 Å². The molecule has 0 aliphatic carbocycles. The molecule has 0 saturated heterocycles. The van der Waals surface area contributed by atoms with Gasteiger partial charge in [-0.1, -0.05) is 42.0 Å². The van der Waals surface area contributed by atoms with Crippen LogP contribution in [0.15, 0.2) is 66.2 Å².